The van der Waals surface area contributed by atoms with Gasteiger partial charge in [0.15, 0.2) is 5.13 Å². The van der Waals surface area contributed by atoms with Crippen LogP contribution in [0.15, 0.2) is 66.6 Å². The first-order chi connectivity index (χ1) is 13.0. The Labute approximate surface area is 160 Å². The number of nitrogens with one attached hydrogen (secondary N) is 1. The molecule has 2 aromatic carbocycles. The number of hydrogen-bond donors (Lipinski definition) is 2. The number of aromatic nitrogens is 1. The number of thiazole rings is 1. The van der Waals surface area contributed by atoms with E-state index in [1.165, 1.54) is 22.3 Å². The van der Waals surface area contributed by atoms with Crippen molar-refractivity contribution in [1.82, 2.24) is 4.98 Å². The number of rotatable bonds is 5. The van der Waals surface area contributed by atoms with E-state index in [-0.39, 0.29) is 17.6 Å². The fourth-order valence-electron chi connectivity index (χ4n) is 2.37. The summed E-state index contributed by atoms with van der Waals surface area (Å²) in [6.45, 7) is 3.45. The maximum Gasteiger partial charge on any atom is 0.257 e. The monoisotopic (exact) mass is 379 g/mol. The Morgan fingerprint density at radius 1 is 1.15 bits per heavy atom. The first-order valence-electron chi connectivity index (χ1n) is 8.04. The smallest absolute Gasteiger partial charge is 0.257 e. The number of phenols is 1. The van der Waals surface area contributed by atoms with Crippen molar-refractivity contribution in [2.45, 2.75) is 0 Å². The number of benzene rings is 2. The van der Waals surface area contributed by atoms with Gasteiger partial charge in [-0.15, -0.1) is 11.3 Å². The summed E-state index contributed by atoms with van der Waals surface area (Å²) in [6, 6.07) is 13.4. The standard InChI is InChI=1S/C20H17N3O3S/c1-3-18(25)23(2)15-8-4-14(5-9-15)19(26)22-20-21-17(12-27-20)13-6-10-16(24)11-7-13/h3-12,24H,1H2,2H3,(H,21,22,26). The Hall–Kier alpha value is -3.45. The Morgan fingerprint density at radius 2 is 1.81 bits per heavy atom. The van der Waals surface area contributed by atoms with Crippen LogP contribution in [0, 0.1) is 0 Å². The molecule has 0 saturated carbocycles. The van der Waals surface area contributed by atoms with E-state index in [9.17, 15) is 14.7 Å². The lowest BCUT2D eigenvalue weighted by Crippen LogP contribution is -2.23. The third-order valence-corrected chi connectivity index (χ3v) is 4.67. The van der Waals surface area contributed by atoms with Crippen LogP contribution in [0.5, 0.6) is 5.75 Å². The maximum atomic E-state index is 12.4. The van der Waals surface area contributed by atoms with E-state index in [0.717, 1.165) is 11.3 Å². The zero-order chi connectivity index (χ0) is 19.4. The molecular weight excluding hydrogens is 362 g/mol. The molecule has 0 spiro atoms. The molecule has 0 aliphatic rings. The van der Waals surface area contributed by atoms with Gasteiger partial charge in [-0.05, 0) is 54.6 Å². The predicted molar refractivity (Wildman–Crippen MR) is 107 cm³/mol. The summed E-state index contributed by atoms with van der Waals surface area (Å²) >= 11 is 1.32. The van der Waals surface area contributed by atoms with Gasteiger partial charge < -0.3 is 10.0 Å². The first kappa shape index (κ1) is 18.3. The van der Waals surface area contributed by atoms with Gasteiger partial charge in [-0.25, -0.2) is 4.98 Å². The van der Waals surface area contributed by atoms with Crippen molar-refractivity contribution in [2.24, 2.45) is 0 Å². The van der Waals surface area contributed by atoms with Crippen molar-refractivity contribution in [1.29, 1.82) is 0 Å². The number of amides is 2. The molecule has 3 rings (SSSR count). The van der Waals surface area contributed by atoms with E-state index in [2.05, 4.69) is 16.9 Å². The minimum Gasteiger partial charge on any atom is -0.508 e. The van der Waals surface area contributed by atoms with Gasteiger partial charge in [0.2, 0.25) is 5.91 Å². The highest BCUT2D eigenvalue weighted by atomic mass is 32.1. The van der Waals surface area contributed by atoms with Gasteiger partial charge in [-0.1, -0.05) is 6.58 Å². The number of nitrogens with zero attached hydrogens (tertiary/aromatic N) is 2. The number of carbonyl (C=O) groups excluding carboxylic acids is 2. The van der Waals surface area contributed by atoms with Crippen molar-refractivity contribution in [2.75, 3.05) is 17.3 Å². The Bertz CT molecular complexity index is 978. The van der Waals surface area contributed by atoms with Crippen LogP contribution in [0.1, 0.15) is 10.4 Å². The van der Waals surface area contributed by atoms with Crippen LogP contribution in [0.4, 0.5) is 10.8 Å². The molecule has 0 unspecified atom stereocenters. The molecule has 0 saturated heterocycles. The Morgan fingerprint density at radius 3 is 2.44 bits per heavy atom. The molecule has 0 radical (unpaired) electrons. The fraction of sp³-hybridized carbons (Fsp3) is 0.0500. The summed E-state index contributed by atoms with van der Waals surface area (Å²) in [5, 5.41) is 14.4. The maximum absolute atomic E-state index is 12.4. The van der Waals surface area contributed by atoms with E-state index in [4.69, 9.17) is 0 Å². The molecule has 2 N–H and O–H groups in total. The summed E-state index contributed by atoms with van der Waals surface area (Å²) in [4.78, 5) is 29.9. The molecule has 6 nitrogen and oxygen atoms in total. The van der Waals surface area contributed by atoms with Crippen LogP contribution in [0.3, 0.4) is 0 Å². The second-order valence-electron chi connectivity index (χ2n) is 5.69. The zero-order valence-electron chi connectivity index (χ0n) is 14.5. The molecule has 0 aliphatic heterocycles. The SMILES string of the molecule is C=CC(=O)N(C)c1ccc(C(=O)Nc2nc(-c3ccc(O)cc3)cs2)cc1. The lowest BCUT2D eigenvalue weighted by atomic mass is 10.2. The van der Waals surface area contributed by atoms with Crippen LogP contribution in [0.25, 0.3) is 11.3 Å². The van der Waals surface area contributed by atoms with Gasteiger partial charge >= 0.3 is 0 Å². The van der Waals surface area contributed by atoms with Crippen molar-refractivity contribution in [3.05, 3.63) is 72.1 Å². The molecule has 7 heteroatoms. The van der Waals surface area contributed by atoms with E-state index >= 15 is 0 Å². The zero-order valence-corrected chi connectivity index (χ0v) is 15.4. The molecule has 1 heterocycles. The lowest BCUT2D eigenvalue weighted by Gasteiger charge is -2.15. The normalized spacial score (nSPS) is 10.3. The van der Waals surface area contributed by atoms with E-state index in [0.29, 0.717) is 16.4 Å². The Kier molecular flexibility index (Phi) is 5.33. The molecule has 2 amide bonds. The molecular formula is C20H17N3O3S. The minimum atomic E-state index is -0.286. The second kappa shape index (κ2) is 7.84. The topological polar surface area (TPSA) is 82.5 Å². The van der Waals surface area contributed by atoms with Crippen LogP contribution >= 0.6 is 11.3 Å². The second-order valence-corrected chi connectivity index (χ2v) is 6.55. The fourth-order valence-corrected chi connectivity index (χ4v) is 3.08. The number of hydrogen-bond acceptors (Lipinski definition) is 5. The predicted octanol–water partition coefficient (Wildman–Crippen LogP) is 3.92. The third kappa shape index (κ3) is 4.21. The summed E-state index contributed by atoms with van der Waals surface area (Å²) in [7, 11) is 1.64. The summed E-state index contributed by atoms with van der Waals surface area (Å²) in [5.41, 5.74) is 2.69. The summed E-state index contributed by atoms with van der Waals surface area (Å²) in [5.74, 6) is -0.325. The minimum absolute atomic E-state index is 0.186. The first-order valence-corrected chi connectivity index (χ1v) is 8.92. The van der Waals surface area contributed by atoms with Gasteiger partial charge in [-0.3, -0.25) is 14.9 Å². The van der Waals surface area contributed by atoms with Crippen LogP contribution in [-0.2, 0) is 4.79 Å². The quantitative estimate of drug-likeness (QED) is 0.658. The molecule has 0 fully saturated rings. The summed E-state index contributed by atoms with van der Waals surface area (Å²) < 4.78 is 0. The number of carbonyl (C=O) groups is 2. The van der Waals surface area contributed by atoms with Gasteiger partial charge in [0.05, 0.1) is 5.69 Å². The Balaban J connectivity index is 1.69. The molecule has 0 bridgehead atoms. The largest absolute Gasteiger partial charge is 0.508 e. The average Bonchev–Trinajstić information content (AvgIpc) is 3.15. The van der Waals surface area contributed by atoms with E-state index in [1.807, 2.05) is 5.38 Å². The van der Waals surface area contributed by atoms with Crippen LogP contribution in [-0.4, -0.2) is 29.0 Å². The molecule has 27 heavy (non-hydrogen) atoms. The number of likely N-dealkylation sites (N-methyl/N-ethyl adjacent to an activating group) is 1. The molecule has 3 aromatic rings. The van der Waals surface area contributed by atoms with Crippen molar-refractivity contribution in [3.8, 4) is 17.0 Å². The number of phenolic OH excluding ortho intramolecular Hbond substituents is 1. The van der Waals surface area contributed by atoms with Crippen molar-refractivity contribution < 1.29 is 14.7 Å². The molecule has 0 atom stereocenters. The third-order valence-electron chi connectivity index (χ3n) is 3.91. The molecule has 136 valence electrons. The van der Waals surface area contributed by atoms with Gasteiger partial charge in [-0.2, -0.15) is 0 Å². The van der Waals surface area contributed by atoms with E-state index in [1.54, 1.807) is 55.6 Å². The van der Waals surface area contributed by atoms with Crippen LogP contribution < -0.4 is 10.2 Å². The lowest BCUT2D eigenvalue weighted by molar-refractivity contribution is -0.113. The molecule has 0 aliphatic carbocycles. The van der Waals surface area contributed by atoms with Crippen molar-refractivity contribution in [3.63, 3.8) is 0 Å². The van der Waals surface area contributed by atoms with Crippen LogP contribution in [0.2, 0.25) is 0 Å². The molecule has 1 aromatic heterocycles. The summed E-state index contributed by atoms with van der Waals surface area (Å²) in [6.07, 6.45) is 1.23. The number of aromatic hydroxyl groups is 1. The highest BCUT2D eigenvalue weighted by Crippen LogP contribution is 2.26. The number of anilines is 2. The highest BCUT2D eigenvalue weighted by Gasteiger charge is 2.12. The average molecular weight is 379 g/mol. The van der Waals surface area contributed by atoms with Gasteiger partial charge in [0, 0.05) is 29.2 Å². The van der Waals surface area contributed by atoms with Crippen molar-refractivity contribution >= 4 is 34.0 Å². The highest BCUT2D eigenvalue weighted by molar-refractivity contribution is 7.14. The van der Waals surface area contributed by atoms with Gasteiger partial charge in [0.1, 0.15) is 5.75 Å². The van der Waals surface area contributed by atoms with Gasteiger partial charge in [0.25, 0.3) is 5.91 Å². The van der Waals surface area contributed by atoms with E-state index < -0.39 is 0 Å².